The SMILES string of the molecule is Cc1ccccc1CN(C(=O)Cc1c(F)cccc1Cl)C(Cc1ccccc1)C(=O)NCC(C)C. The molecule has 3 aromatic carbocycles. The number of carbonyl (C=O) groups is 2. The molecule has 0 bridgehead atoms. The summed E-state index contributed by atoms with van der Waals surface area (Å²) in [6, 6.07) is 20.9. The van der Waals surface area contributed by atoms with Crippen LogP contribution in [0.4, 0.5) is 4.39 Å². The Morgan fingerprint density at radius 2 is 1.66 bits per heavy atom. The summed E-state index contributed by atoms with van der Waals surface area (Å²) in [4.78, 5) is 28.7. The van der Waals surface area contributed by atoms with E-state index in [2.05, 4.69) is 5.32 Å². The van der Waals surface area contributed by atoms with Crippen LogP contribution < -0.4 is 5.32 Å². The molecular weight excluding hydrogens is 463 g/mol. The fourth-order valence-corrected chi connectivity index (χ4v) is 4.13. The molecule has 1 unspecified atom stereocenters. The van der Waals surface area contributed by atoms with Gasteiger partial charge in [0.2, 0.25) is 11.8 Å². The van der Waals surface area contributed by atoms with Crippen molar-refractivity contribution in [2.45, 2.75) is 46.2 Å². The summed E-state index contributed by atoms with van der Waals surface area (Å²) in [5.74, 6) is -0.871. The van der Waals surface area contributed by atoms with Gasteiger partial charge in [-0.05, 0) is 41.7 Å². The third-order valence-corrected chi connectivity index (χ3v) is 6.30. The van der Waals surface area contributed by atoms with Gasteiger partial charge in [-0.15, -0.1) is 0 Å². The van der Waals surface area contributed by atoms with Crippen molar-refractivity contribution in [3.63, 3.8) is 0 Å². The maximum absolute atomic E-state index is 14.5. The molecule has 0 aliphatic heterocycles. The predicted octanol–water partition coefficient (Wildman–Crippen LogP) is 5.74. The van der Waals surface area contributed by atoms with Gasteiger partial charge in [-0.1, -0.05) is 86.1 Å². The molecule has 3 aromatic rings. The number of benzene rings is 3. The van der Waals surface area contributed by atoms with E-state index in [9.17, 15) is 14.0 Å². The molecule has 0 spiro atoms. The van der Waals surface area contributed by atoms with Crippen LogP contribution in [0.2, 0.25) is 5.02 Å². The second-order valence-corrected chi connectivity index (χ2v) is 9.58. The van der Waals surface area contributed by atoms with Gasteiger partial charge in [0.1, 0.15) is 11.9 Å². The first kappa shape index (κ1) is 26.4. The number of hydrogen-bond donors (Lipinski definition) is 1. The van der Waals surface area contributed by atoms with Crippen LogP contribution in [0.1, 0.15) is 36.1 Å². The summed E-state index contributed by atoms with van der Waals surface area (Å²) >= 11 is 6.23. The van der Waals surface area contributed by atoms with Gasteiger partial charge in [0.05, 0.1) is 6.42 Å². The standard InChI is InChI=1S/C29H32ClFN2O2/c1-20(2)18-32-29(35)27(16-22-11-5-4-6-12-22)33(19-23-13-8-7-10-21(23)3)28(34)17-24-25(30)14-9-15-26(24)31/h4-15,20,27H,16-19H2,1-3H3,(H,32,35). The van der Waals surface area contributed by atoms with E-state index in [-0.39, 0.29) is 41.3 Å². The Hall–Kier alpha value is -3.18. The van der Waals surface area contributed by atoms with Gasteiger partial charge in [0, 0.05) is 30.1 Å². The highest BCUT2D eigenvalue weighted by Gasteiger charge is 2.31. The molecule has 0 fully saturated rings. The molecular formula is C29H32ClFN2O2. The minimum Gasteiger partial charge on any atom is -0.354 e. The molecule has 2 amide bonds. The minimum absolute atomic E-state index is 0.134. The van der Waals surface area contributed by atoms with E-state index in [1.54, 1.807) is 11.0 Å². The zero-order chi connectivity index (χ0) is 25.4. The predicted molar refractivity (Wildman–Crippen MR) is 139 cm³/mol. The second-order valence-electron chi connectivity index (χ2n) is 9.17. The Balaban J connectivity index is 2.01. The fourth-order valence-electron chi connectivity index (χ4n) is 3.90. The van der Waals surface area contributed by atoms with Crippen molar-refractivity contribution in [2.75, 3.05) is 6.54 Å². The third kappa shape index (κ3) is 7.40. The lowest BCUT2D eigenvalue weighted by Gasteiger charge is -2.32. The number of rotatable bonds is 10. The number of aryl methyl sites for hydroxylation is 1. The average molecular weight is 495 g/mol. The minimum atomic E-state index is -0.770. The van der Waals surface area contributed by atoms with E-state index >= 15 is 0 Å². The molecule has 6 heteroatoms. The molecule has 35 heavy (non-hydrogen) atoms. The van der Waals surface area contributed by atoms with Crippen LogP contribution in [0.25, 0.3) is 0 Å². The highest BCUT2D eigenvalue weighted by molar-refractivity contribution is 6.31. The molecule has 0 aliphatic rings. The van der Waals surface area contributed by atoms with Crippen LogP contribution in [0, 0.1) is 18.7 Å². The van der Waals surface area contributed by atoms with Crippen molar-refractivity contribution in [1.82, 2.24) is 10.2 Å². The lowest BCUT2D eigenvalue weighted by atomic mass is 10.00. The topological polar surface area (TPSA) is 49.4 Å². The Labute approximate surface area is 212 Å². The van der Waals surface area contributed by atoms with Gasteiger partial charge < -0.3 is 10.2 Å². The van der Waals surface area contributed by atoms with Crippen LogP contribution in [0.3, 0.4) is 0 Å². The summed E-state index contributed by atoms with van der Waals surface area (Å²) in [6.07, 6.45) is 0.105. The number of amides is 2. The maximum atomic E-state index is 14.5. The smallest absolute Gasteiger partial charge is 0.243 e. The number of carbonyl (C=O) groups excluding carboxylic acids is 2. The summed E-state index contributed by atoms with van der Waals surface area (Å²) in [5.41, 5.74) is 3.00. The van der Waals surface area contributed by atoms with Crippen molar-refractivity contribution < 1.29 is 14.0 Å². The van der Waals surface area contributed by atoms with Crippen LogP contribution in [0.15, 0.2) is 72.8 Å². The number of nitrogens with one attached hydrogen (secondary N) is 1. The lowest BCUT2D eigenvalue weighted by Crippen LogP contribution is -2.51. The summed E-state index contributed by atoms with van der Waals surface area (Å²) < 4.78 is 14.5. The summed E-state index contributed by atoms with van der Waals surface area (Å²) in [7, 11) is 0. The van der Waals surface area contributed by atoms with E-state index in [1.165, 1.54) is 12.1 Å². The molecule has 4 nitrogen and oxygen atoms in total. The molecule has 184 valence electrons. The van der Waals surface area contributed by atoms with E-state index in [0.29, 0.717) is 13.0 Å². The molecule has 0 saturated carbocycles. The van der Waals surface area contributed by atoms with Gasteiger partial charge in [-0.3, -0.25) is 9.59 Å². The maximum Gasteiger partial charge on any atom is 0.243 e. The van der Waals surface area contributed by atoms with E-state index in [1.807, 2.05) is 75.4 Å². The van der Waals surface area contributed by atoms with Gasteiger partial charge in [-0.2, -0.15) is 0 Å². The Bertz CT molecular complexity index is 1130. The zero-order valence-corrected chi connectivity index (χ0v) is 21.2. The van der Waals surface area contributed by atoms with Crippen LogP contribution >= 0.6 is 11.6 Å². The molecule has 0 aromatic heterocycles. The van der Waals surface area contributed by atoms with E-state index in [4.69, 9.17) is 11.6 Å². The molecule has 0 radical (unpaired) electrons. The number of nitrogens with zero attached hydrogens (tertiary/aromatic N) is 1. The average Bonchev–Trinajstić information content (AvgIpc) is 2.83. The quantitative estimate of drug-likeness (QED) is 0.390. The zero-order valence-electron chi connectivity index (χ0n) is 20.4. The number of hydrogen-bond acceptors (Lipinski definition) is 2. The van der Waals surface area contributed by atoms with Gasteiger partial charge in [-0.25, -0.2) is 4.39 Å². The highest BCUT2D eigenvalue weighted by atomic mass is 35.5. The van der Waals surface area contributed by atoms with Crippen molar-refractivity contribution in [1.29, 1.82) is 0 Å². The highest BCUT2D eigenvalue weighted by Crippen LogP contribution is 2.23. The number of halogens is 2. The summed E-state index contributed by atoms with van der Waals surface area (Å²) in [5, 5.41) is 3.18. The van der Waals surface area contributed by atoms with Crippen molar-refractivity contribution >= 4 is 23.4 Å². The second kappa shape index (κ2) is 12.5. The monoisotopic (exact) mass is 494 g/mol. The largest absolute Gasteiger partial charge is 0.354 e. The first-order valence-electron chi connectivity index (χ1n) is 11.8. The van der Waals surface area contributed by atoms with Gasteiger partial charge in [0.25, 0.3) is 0 Å². The van der Waals surface area contributed by atoms with Crippen LogP contribution in [-0.2, 0) is 29.0 Å². The van der Waals surface area contributed by atoms with Crippen LogP contribution in [0.5, 0.6) is 0 Å². The van der Waals surface area contributed by atoms with Crippen molar-refractivity contribution in [3.8, 4) is 0 Å². The van der Waals surface area contributed by atoms with Crippen molar-refractivity contribution in [3.05, 3.63) is 106 Å². The molecule has 1 N–H and O–H groups in total. The first-order valence-corrected chi connectivity index (χ1v) is 12.2. The molecule has 1 atom stereocenters. The van der Waals surface area contributed by atoms with E-state index < -0.39 is 11.9 Å². The van der Waals surface area contributed by atoms with Gasteiger partial charge in [0.15, 0.2) is 0 Å². The van der Waals surface area contributed by atoms with Gasteiger partial charge >= 0.3 is 0 Å². The van der Waals surface area contributed by atoms with Crippen molar-refractivity contribution in [2.24, 2.45) is 5.92 Å². The fraction of sp³-hybridized carbons (Fsp3) is 0.310. The Morgan fingerprint density at radius 3 is 2.31 bits per heavy atom. The van der Waals surface area contributed by atoms with E-state index in [0.717, 1.165) is 16.7 Å². The molecule has 0 heterocycles. The molecule has 3 rings (SSSR count). The Kier molecular flexibility index (Phi) is 9.44. The molecule has 0 saturated heterocycles. The summed E-state index contributed by atoms with van der Waals surface area (Å²) in [6.45, 7) is 6.72. The first-order chi connectivity index (χ1) is 16.8. The Morgan fingerprint density at radius 1 is 0.971 bits per heavy atom. The lowest BCUT2D eigenvalue weighted by molar-refractivity contribution is -0.140. The molecule has 0 aliphatic carbocycles. The normalized spacial score (nSPS) is 11.8. The third-order valence-electron chi connectivity index (χ3n) is 5.95. The van der Waals surface area contributed by atoms with Crippen LogP contribution in [-0.4, -0.2) is 29.3 Å².